The molecule has 0 saturated carbocycles. The lowest BCUT2D eigenvalue weighted by atomic mass is 9.98. The maximum Gasteiger partial charge on any atom is 0.263 e. The Morgan fingerprint density at radius 2 is 1.88 bits per heavy atom. The second-order valence-electron chi connectivity index (χ2n) is 8.17. The molecule has 9 heteroatoms. The summed E-state index contributed by atoms with van der Waals surface area (Å²) in [6, 6.07) is 14.0. The van der Waals surface area contributed by atoms with Crippen molar-refractivity contribution in [2.75, 3.05) is 24.5 Å². The molecule has 2 aromatic carbocycles. The number of rotatable bonds is 9. The zero-order valence-corrected chi connectivity index (χ0v) is 19.2. The van der Waals surface area contributed by atoms with E-state index in [4.69, 9.17) is 5.73 Å². The molecule has 2 N–H and O–H groups in total. The van der Waals surface area contributed by atoms with Crippen molar-refractivity contribution in [2.24, 2.45) is 11.7 Å². The molecular weight excluding hydrogens is 441 g/mol. The molecule has 172 valence electrons. The van der Waals surface area contributed by atoms with Crippen molar-refractivity contribution in [3.63, 3.8) is 0 Å². The number of hydrogen-bond donors (Lipinski definition) is 1. The van der Waals surface area contributed by atoms with Gasteiger partial charge in [0.15, 0.2) is 0 Å². The number of aromatic nitrogens is 2. The molecule has 4 rings (SSSR count). The number of primary amides is 1. The Bertz CT molecular complexity index is 1130. The van der Waals surface area contributed by atoms with Gasteiger partial charge >= 0.3 is 0 Å². The quantitative estimate of drug-likeness (QED) is 0.518. The molecule has 0 atom stereocenters. The molecule has 1 fully saturated rings. The van der Waals surface area contributed by atoms with E-state index in [0.717, 1.165) is 30.5 Å². The van der Waals surface area contributed by atoms with Gasteiger partial charge in [0, 0.05) is 31.7 Å². The SMILES string of the molecule is CCCCN(C(=O)c1ccccc1F)c1nnc(-c2ccc(CN3CC(C(N)=O)C3)cc2)s1. The van der Waals surface area contributed by atoms with Crippen LogP contribution in [-0.4, -0.2) is 46.5 Å². The fraction of sp³-hybridized carbons (Fsp3) is 0.333. The standard InChI is InChI=1S/C24H26FN5O2S/c1-2-3-12-30(23(32)19-6-4-5-7-20(19)25)24-28-27-22(33-24)17-10-8-16(9-11-17)13-29-14-18(15-29)21(26)31/h4-11,18H,2-3,12-15H2,1H3,(H2,26,31). The first-order valence-corrected chi connectivity index (χ1v) is 11.8. The number of nitrogens with zero attached hydrogens (tertiary/aromatic N) is 4. The first-order chi connectivity index (χ1) is 16.0. The molecule has 1 saturated heterocycles. The van der Waals surface area contributed by atoms with Gasteiger partial charge in [-0.15, -0.1) is 10.2 Å². The Morgan fingerprint density at radius 3 is 2.55 bits per heavy atom. The summed E-state index contributed by atoms with van der Waals surface area (Å²) in [4.78, 5) is 27.9. The van der Waals surface area contributed by atoms with Crippen LogP contribution < -0.4 is 10.6 Å². The normalized spacial score (nSPS) is 14.1. The van der Waals surface area contributed by atoms with Crippen LogP contribution in [-0.2, 0) is 11.3 Å². The fourth-order valence-electron chi connectivity index (χ4n) is 3.71. The van der Waals surface area contributed by atoms with Crippen LogP contribution in [0.1, 0.15) is 35.7 Å². The van der Waals surface area contributed by atoms with E-state index in [1.807, 2.05) is 31.2 Å². The first-order valence-electron chi connectivity index (χ1n) is 11.0. The van der Waals surface area contributed by atoms with Gasteiger partial charge in [0.2, 0.25) is 11.0 Å². The predicted molar refractivity (Wildman–Crippen MR) is 126 cm³/mol. The van der Waals surface area contributed by atoms with Crippen molar-refractivity contribution in [1.29, 1.82) is 0 Å². The highest BCUT2D eigenvalue weighted by Crippen LogP contribution is 2.30. The lowest BCUT2D eigenvalue weighted by Gasteiger charge is -2.37. The summed E-state index contributed by atoms with van der Waals surface area (Å²) in [5.41, 5.74) is 7.38. The number of carbonyl (C=O) groups is 2. The smallest absolute Gasteiger partial charge is 0.263 e. The minimum Gasteiger partial charge on any atom is -0.369 e. The van der Waals surface area contributed by atoms with Crippen LogP contribution in [0.5, 0.6) is 0 Å². The zero-order valence-electron chi connectivity index (χ0n) is 18.4. The van der Waals surface area contributed by atoms with E-state index in [9.17, 15) is 14.0 Å². The molecule has 1 aromatic heterocycles. The van der Waals surface area contributed by atoms with Gasteiger partial charge in [-0.05, 0) is 24.1 Å². The van der Waals surface area contributed by atoms with Crippen molar-refractivity contribution in [1.82, 2.24) is 15.1 Å². The molecule has 1 aliphatic heterocycles. The number of carbonyl (C=O) groups excluding carboxylic acids is 2. The minimum atomic E-state index is -0.548. The van der Waals surface area contributed by atoms with Crippen molar-refractivity contribution < 1.29 is 14.0 Å². The van der Waals surface area contributed by atoms with Crippen LogP contribution in [0, 0.1) is 11.7 Å². The van der Waals surface area contributed by atoms with Crippen LogP contribution in [0.3, 0.4) is 0 Å². The molecule has 2 amide bonds. The number of likely N-dealkylation sites (tertiary alicyclic amines) is 1. The van der Waals surface area contributed by atoms with Crippen LogP contribution in [0.2, 0.25) is 0 Å². The van der Waals surface area contributed by atoms with E-state index in [0.29, 0.717) is 29.8 Å². The third-order valence-corrected chi connectivity index (χ3v) is 6.69. The summed E-state index contributed by atoms with van der Waals surface area (Å²) >= 11 is 1.31. The summed E-state index contributed by atoms with van der Waals surface area (Å²) < 4.78 is 14.2. The van der Waals surface area contributed by atoms with Crippen LogP contribution in [0.25, 0.3) is 10.6 Å². The Hall–Kier alpha value is -3.17. The second-order valence-corrected chi connectivity index (χ2v) is 9.13. The molecule has 0 unspecified atom stereocenters. The van der Waals surface area contributed by atoms with Gasteiger partial charge in [-0.25, -0.2) is 4.39 Å². The molecule has 1 aliphatic rings. The Balaban J connectivity index is 1.47. The zero-order chi connectivity index (χ0) is 23.4. The van der Waals surface area contributed by atoms with E-state index in [2.05, 4.69) is 15.1 Å². The highest BCUT2D eigenvalue weighted by atomic mass is 32.1. The van der Waals surface area contributed by atoms with Gasteiger partial charge in [0.05, 0.1) is 11.5 Å². The number of hydrogen-bond acceptors (Lipinski definition) is 6. The molecule has 0 radical (unpaired) electrons. The molecule has 2 heterocycles. The van der Waals surface area contributed by atoms with Crippen LogP contribution in [0.15, 0.2) is 48.5 Å². The predicted octanol–water partition coefficient (Wildman–Crippen LogP) is 3.71. The van der Waals surface area contributed by atoms with E-state index < -0.39 is 11.7 Å². The van der Waals surface area contributed by atoms with Gasteiger partial charge in [-0.3, -0.25) is 19.4 Å². The maximum atomic E-state index is 14.2. The fourth-order valence-corrected chi connectivity index (χ4v) is 4.59. The van der Waals surface area contributed by atoms with Crippen LogP contribution >= 0.6 is 11.3 Å². The summed E-state index contributed by atoms with van der Waals surface area (Å²) in [5, 5.41) is 9.66. The lowest BCUT2D eigenvalue weighted by molar-refractivity contribution is -0.127. The van der Waals surface area contributed by atoms with E-state index in [-0.39, 0.29) is 17.4 Å². The Morgan fingerprint density at radius 1 is 1.15 bits per heavy atom. The molecule has 0 bridgehead atoms. The number of benzene rings is 2. The van der Waals surface area contributed by atoms with Crippen molar-refractivity contribution in [3.05, 3.63) is 65.5 Å². The molecular formula is C24H26FN5O2S. The van der Waals surface area contributed by atoms with Gasteiger partial charge in [-0.1, -0.05) is 61.1 Å². The number of nitrogens with two attached hydrogens (primary N) is 1. The van der Waals surface area contributed by atoms with Crippen LogP contribution in [0.4, 0.5) is 9.52 Å². The highest BCUT2D eigenvalue weighted by Gasteiger charge is 2.30. The Labute approximate surface area is 196 Å². The first kappa shape index (κ1) is 23.0. The van der Waals surface area contributed by atoms with E-state index >= 15 is 0 Å². The highest BCUT2D eigenvalue weighted by molar-refractivity contribution is 7.18. The molecule has 33 heavy (non-hydrogen) atoms. The topological polar surface area (TPSA) is 92.4 Å². The summed E-state index contributed by atoms with van der Waals surface area (Å²) in [6.45, 7) is 4.63. The van der Waals surface area contributed by atoms with Gasteiger partial charge in [-0.2, -0.15) is 0 Å². The lowest BCUT2D eigenvalue weighted by Crippen LogP contribution is -2.51. The monoisotopic (exact) mass is 467 g/mol. The summed E-state index contributed by atoms with van der Waals surface area (Å²) in [7, 11) is 0. The largest absolute Gasteiger partial charge is 0.369 e. The number of unbranched alkanes of at least 4 members (excludes halogenated alkanes) is 1. The molecule has 3 aromatic rings. The van der Waals surface area contributed by atoms with Gasteiger partial charge in [0.25, 0.3) is 5.91 Å². The molecule has 0 aliphatic carbocycles. The van der Waals surface area contributed by atoms with Crippen molar-refractivity contribution >= 4 is 28.3 Å². The number of anilines is 1. The molecule has 7 nitrogen and oxygen atoms in total. The van der Waals surface area contributed by atoms with Gasteiger partial charge < -0.3 is 5.73 Å². The van der Waals surface area contributed by atoms with E-state index in [1.54, 1.807) is 12.1 Å². The third-order valence-electron chi connectivity index (χ3n) is 5.70. The third kappa shape index (κ3) is 5.26. The number of amides is 2. The average Bonchev–Trinajstić information content (AvgIpc) is 3.26. The van der Waals surface area contributed by atoms with Crippen molar-refractivity contribution in [3.8, 4) is 10.6 Å². The summed E-state index contributed by atoms with van der Waals surface area (Å²) in [5.74, 6) is -1.25. The van der Waals surface area contributed by atoms with Crippen molar-refractivity contribution in [2.45, 2.75) is 26.3 Å². The number of halogens is 1. The average molecular weight is 468 g/mol. The maximum absolute atomic E-state index is 14.2. The minimum absolute atomic E-state index is 0.0271. The summed E-state index contributed by atoms with van der Waals surface area (Å²) in [6.07, 6.45) is 1.67. The van der Waals surface area contributed by atoms with Gasteiger partial charge in [0.1, 0.15) is 10.8 Å². The van der Waals surface area contributed by atoms with E-state index in [1.165, 1.54) is 28.4 Å². The second kappa shape index (κ2) is 10.2. The Kier molecular flexibility index (Phi) is 7.10. The molecule has 0 spiro atoms.